The van der Waals surface area contributed by atoms with E-state index in [1.165, 1.54) is 0 Å². The minimum absolute atomic E-state index is 0.111. The van der Waals surface area contributed by atoms with Crippen LogP contribution in [0.4, 0.5) is 11.4 Å². The number of anilines is 2. The van der Waals surface area contributed by atoms with Crippen LogP contribution in [0.5, 0.6) is 0 Å². The average Bonchev–Trinajstić information content (AvgIpc) is 2.58. The van der Waals surface area contributed by atoms with Crippen molar-refractivity contribution in [1.29, 1.82) is 0 Å². The zero-order chi connectivity index (χ0) is 18.4. The van der Waals surface area contributed by atoms with Gasteiger partial charge >= 0.3 is 5.97 Å². The van der Waals surface area contributed by atoms with E-state index in [0.717, 1.165) is 19.3 Å². The third-order valence-electron chi connectivity index (χ3n) is 4.40. The molecule has 1 aliphatic rings. The molecule has 0 heterocycles. The van der Waals surface area contributed by atoms with Crippen LogP contribution in [0, 0.1) is 11.8 Å². The third kappa shape index (κ3) is 5.19. The number of rotatable bonds is 6. The van der Waals surface area contributed by atoms with E-state index in [1.807, 2.05) is 6.92 Å². The number of hydrogen-bond acceptors (Lipinski definition) is 3. The van der Waals surface area contributed by atoms with Crippen molar-refractivity contribution >= 4 is 40.8 Å². The fraction of sp³-hybridized carbons (Fsp3) is 0.500. The highest BCUT2D eigenvalue weighted by Gasteiger charge is 2.35. The summed E-state index contributed by atoms with van der Waals surface area (Å²) in [6.45, 7) is 1.91. The molecule has 1 fully saturated rings. The quantitative estimate of drug-likeness (QED) is 0.711. The molecule has 0 radical (unpaired) electrons. The fourth-order valence-corrected chi connectivity index (χ4v) is 3.28. The van der Waals surface area contributed by atoms with Crippen molar-refractivity contribution in [3.63, 3.8) is 0 Å². The first-order valence-electron chi connectivity index (χ1n) is 8.55. The molecular weight excluding hydrogens is 344 g/mol. The summed E-state index contributed by atoms with van der Waals surface area (Å²) >= 11 is 6.13. The minimum atomic E-state index is -0.938. The molecule has 2 amide bonds. The number of hydrogen-bond donors (Lipinski definition) is 3. The lowest BCUT2D eigenvalue weighted by Crippen LogP contribution is -2.36. The van der Waals surface area contributed by atoms with E-state index >= 15 is 0 Å². The molecule has 1 saturated carbocycles. The Hall–Kier alpha value is -2.08. The number of amides is 2. The highest BCUT2D eigenvalue weighted by Crippen LogP contribution is 2.33. The number of carbonyl (C=O) groups is 3. The molecule has 3 N–H and O–H groups in total. The van der Waals surface area contributed by atoms with Crippen molar-refractivity contribution in [1.82, 2.24) is 0 Å². The number of aliphatic carboxylic acids is 1. The molecule has 25 heavy (non-hydrogen) atoms. The van der Waals surface area contributed by atoms with Gasteiger partial charge in [0.15, 0.2) is 0 Å². The molecule has 6 nitrogen and oxygen atoms in total. The molecule has 2 atom stereocenters. The number of carbonyl (C=O) groups excluding carboxylic acids is 2. The van der Waals surface area contributed by atoms with Gasteiger partial charge in [0, 0.05) is 12.1 Å². The molecular formula is C18H23ClN2O4. The summed E-state index contributed by atoms with van der Waals surface area (Å²) in [5.74, 6) is -2.63. The van der Waals surface area contributed by atoms with Gasteiger partial charge in [0.05, 0.1) is 22.5 Å². The molecule has 0 aromatic heterocycles. The Kier molecular flexibility index (Phi) is 6.82. The monoisotopic (exact) mass is 366 g/mol. The van der Waals surface area contributed by atoms with Crippen molar-refractivity contribution in [3.8, 4) is 0 Å². The van der Waals surface area contributed by atoms with E-state index in [1.54, 1.807) is 18.2 Å². The third-order valence-corrected chi connectivity index (χ3v) is 4.73. The Morgan fingerprint density at radius 3 is 2.48 bits per heavy atom. The fourth-order valence-electron chi connectivity index (χ4n) is 3.12. The first kappa shape index (κ1) is 19.2. The predicted octanol–water partition coefficient (Wildman–Crippen LogP) is 3.91. The second-order valence-corrected chi connectivity index (χ2v) is 6.72. The van der Waals surface area contributed by atoms with Gasteiger partial charge < -0.3 is 15.7 Å². The molecule has 1 aromatic carbocycles. The molecule has 7 heteroatoms. The first-order chi connectivity index (χ1) is 11.9. The van der Waals surface area contributed by atoms with Gasteiger partial charge in [-0.1, -0.05) is 31.4 Å². The van der Waals surface area contributed by atoms with Crippen LogP contribution in [0.2, 0.25) is 5.02 Å². The number of halogens is 1. The predicted molar refractivity (Wildman–Crippen MR) is 96.7 cm³/mol. The molecule has 1 aliphatic carbocycles. The number of benzene rings is 1. The maximum atomic E-state index is 12.6. The summed E-state index contributed by atoms with van der Waals surface area (Å²) in [6, 6.07) is 4.84. The van der Waals surface area contributed by atoms with Crippen LogP contribution in [0.15, 0.2) is 18.2 Å². The maximum Gasteiger partial charge on any atom is 0.307 e. The van der Waals surface area contributed by atoms with E-state index in [0.29, 0.717) is 35.7 Å². The van der Waals surface area contributed by atoms with Crippen molar-refractivity contribution in [2.45, 2.75) is 45.4 Å². The Labute approximate surface area is 151 Å². The van der Waals surface area contributed by atoms with E-state index in [4.69, 9.17) is 11.6 Å². The zero-order valence-electron chi connectivity index (χ0n) is 14.2. The Morgan fingerprint density at radius 1 is 1.16 bits per heavy atom. The van der Waals surface area contributed by atoms with Gasteiger partial charge in [0.2, 0.25) is 11.8 Å². The molecule has 0 saturated heterocycles. The standard InChI is InChI=1S/C18H23ClN2O4/c1-2-5-16(22)20-11-8-9-14(19)15(10-11)21-17(23)12-6-3-4-7-13(12)18(24)25/h8-10,12-13H,2-7H2,1H3,(H,20,22)(H,21,23)(H,24,25)/t12-,13+/m0/s1. The lowest BCUT2D eigenvalue weighted by molar-refractivity contribution is -0.147. The van der Waals surface area contributed by atoms with Crippen molar-refractivity contribution in [3.05, 3.63) is 23.2 Å². The lowest BCUT2D eigenvalue weighted by atomic mass is 9.78. The summed E-state index contributed by atoms with van der Waals surface area (Å²) < 4.78 is 0. The second-order valence-electron chi connectivity index (χ2n) is 6.32. The van der Waals surface area contributed by atoms with E-state index in [2.05, 4.69) is 10.6 Å². The maximum absolute atomic E-state index is 12.6. The molecule has 136 valence electrons. The lowest BCUT2D eigenvalue weighted by Gasteiger charge is -2.27. The molecule has 0 bridgehead atoms. The van der Waals surface area contributed by atoms with E-state index in [-0.39, 0.29) is 11.8 Å². The number of nitrogens with one attached hydrogen (secondary N) is 2. The van der Waals surface area contributed by atoms with Gasteiger partial charge in [-0.2, -0.15) is 0 Å². The van der Waals surface area contributed by atoms with Gasteiger partial charge in [-0.25, -0.2) is 0 Å². The van der Waals surface area contributed by atoms with Crippen LogP contribution in [-0.4, -0.2) is 22.9 Å². The van der Waals surface area contributed by atoms with Crippen LogP contribution >= 0.6 is 11.6 Å². The summed E-state index contributed by atoms with van der Waals surface area (Å²) in [5, 5.41) is 15.1. The largest absolute Gasteiger partial charge is 0.481 e. The zero-order valence-corrected chi connectivity index (χ0v) is 14.9. The van der Waals surface area contributed by atoms with E-state index in [9.17, 15) is 19.5 Å². The molecule has 0 spiro atoms. The molecule has 0 aliphatic heterocycles. The van der Waals surface area contributed by atoms with Crippen molar-refractivity contribution < 1.29 is 19.5 Å². The summed E-state index contributed by atoms with van der Waals surface area (Å²) in [7, 11) is 0. The van der Waals surface area contributed by atoms with Crippen LogP contribution in [0.25, 0.3) is 0 Å². The van der Waals surface area contributed by atoms with Crippen molar-refractivity contribution in [2.75, 3.05) is 10.6 Å². The van der Waals surface area contributed by atoms with Crippen LogP contribution < -0.4 is 10.6 Å². The second kappa shape index (κ2) is 8.85. The van der Waals surface area contributed by atoms with Gasteiger partial charge in [-0.15, -0.1) is 0 Å². The highest BCUT2D eigenvalue weighted by molar-refractivity contribution is 6.33. The number of carboxylic acid groups (broad SMARTS) is 1. The normalized spacial score (nSPS) is 19.9. The van der Waals surface area contributed by atoms with Gasteiger partial charge in [-0.3, -0.25) is 14.4 Å². The molecule has 1 aromatic rings. The van der Waals surface area contributed by atoms with Gasteiger partial charge in [0.25, 0.3) is 0 Å². The van der Waals surface area contributed by atoms with Gasteiger partial charge in [-0.05, 0) is 37.5 Å². The molecule has 2 rings (SSSR count). The highest BCUT2D eigenvalue weighted by atomic mass is 35.5. The summed E-state index contributed by atoms with van der Waals surface area (Å²) in [6.07, 6.45) is 3.86. The van der Waals surface area contributed by atoms with Crippen LogP contribution in [-0.2, 0) is 14.4 Å². The molecule has 0 unspecified atom stereocenters. The summed E-state index contributed by atoms with van der Waals surface area (Å²) in [5.41, 5.74) is 0.909. The number of carboxylic acids is 1. The smallest absolute Gasteiger partial charge is 0.307 e. The Bertz CT molecular complexity index is 662. The first-order valence-corrected chi connectivity index (χ1v) is 8.93. The SMILES string of the molecule is CCCC(=O)Nc1ccc(Cl)c(NC(=O)[C@H]2CCCC[C@H]2C(=O)O)c1. The van der Waals surface area contributed by atoms with Crippen LogP contribution in [0.3, 0.4) is 0 Å². The summed E-state index contributed by atoms with van der Waals surface area (Å²) in [4.78, 5) is 35.6. The Balaban J connectivity index is 2.11. The van der Waals surface area contributed by atoms with Gasteiger partial charge in [0.1, 0.15) is 0 Å². The van der Waals surface area contributed by atoms with Crippen LogP contribution in [0.1, 0.15) is 45.4 Å². The van der Waals surface area contributed by atoms with E-state index < -0.39 is 17.8 Å². The minimum Gasteiger partial charge on any atom is -0.481 e. The van der Waals surface area contributed by atoms with Crippen molar-refractivity contribution in [2.24, 2.45) is 11.8 Å². The average molecular weight is 367 g/mol. The topological polar surface area (TPSA) is 95.5 Å². The Morgan fingerprint density at radius 2 is 1.84 bits per heavy atom.